The van der Waals surface area contributed by atoms with Gasteiger partial charge in [-0.1, -0.05) is 0 Å². The zero-order chi connectivity index (χ0) is 13.4. The van der Waals surface area contributed by atoms with Crippen molar-refractivity contribution >= 4 is 5.69 Å². The smallest absolute Gasteiger partial charge is 0.379 e. The maximum atomic E-state index is 12.5. The quantitative estimate of drug-likeness (QED) is 0.867. The van der Waals surface area contributed by atoms with Crippen LogP contribution in [-0.2, 0) is 6.18 Å². The lowest BCUT2D eigenvalue weighted by molar-refractivity contribution is -0.137. The molecule has 1 N–H and O–H groups in total. The van der Waals surface area contributed by atoms with E-state index in [1.165, 1.54) is 6.07 Å². The standard InChI is InChI=1S/C13H13F3N2/c1-12(5-2-6-12)18-11-4-3-10(13(14,15)16)7-9(11)8-17/h3-4,7,18H,2,5-6H2,1H3. The highest BCUT2D eigenvalue weighted by molar-refractivity contribution is 5.60. The lowest BCUT2D eigenvalue weighted by atomic mass is 9.78. The molecule has 2 nitrogen and oxygen atoms in total. The minimum absolute atomic E-state index is 0.0398. The summed E-state index contributed by atoms with van der Waals surface area (Å²) in [6, 6.07) is 5.05. The maximum absolute atomic E-state index is 12.5. The topological polar surface area (TPSA) is 35.8 Å². The first-order chi connectivity index (χ1) is 8.34. The van der Waals surface area contributed by atoms with Gasteiger partial charge in [-0.25, -0.2) is 0 Å². The van der Waals surface area contributed by atoms with Crippen LogP contribution in [0.15, 0.2) is 18.2 Å². The van der Waals surface area contributed by atoms with Gasteiger partial charge in [-0.15, -0.1) is 0 Å². The van der Waals surface area contributed by atoms with Crippen LogP contribution in [0.25, 0.3) is 0 Å². The number of hydrogen-bond donors (Lipinski definition) is 1. The van der Waals surface area contributed by atoms with Crippen LogP contribution >= 0.6 is 0 Å². The summed E-state index contributed by atoms with van der Waals surface area (Å²) < 4.78 is 37.6. The molecule has 0 bridgehead atoms. The number of alkyl halides is 3. The Morgan fingerprint density at radius 2 is 2.00 bits per heavy atom. The number of rotatable bonds is 2. The summed E-state index contributed by atoms with van der Waals surface area (Å²) in [4.78, 5) is 0. The van der Waals surface area contributed by atoms with Crippen LogP contribution in [0.5, 0.6) is 0 Å². The SMILES string of the molecule is CC1(Nc2ccc(C(F)(F)F)cc2C#N)CCC1. The minimum Gasteiger partial charge on any atom is -0.379 e. The van der Waals surface area contributed by atoms with E-state index in [9.17, 15) is 13.2 Å². The lowest BCUT2D eigenvalue weighted by Crippen LogP contribution is -2.41. The van der Waals surface area contributed by atoms with Crippen molar-refractivity contribution in [3.05, 3.63) is 29.3 Å². The van der Waals surface area contributed by atoms with Crippen LogP contribution in [0.3, 0.4) is 0 Å². The molecule has 0 amide bonds. The largest absolute Gasteiger partial charge is 0.416 e. The highest BCUT2D eigenvalue weighted by atomic mass is 19.4. The average Bonchev–Trinajstić information content (AvgIpc) is 2.26. The normalized spacial score (nSPS) is 17.7. The first-order valence-electron chi connectivity index (χ1n) is 5.74. The Bertz CT molecular complexity index is 496. The molecule has 1 aromatic rings. The summed E-state index contributed by atoms with van der Waals surface area (Å²) in [6.45, 7) is 2.01. The Balaban J connectivity index is 2.30. The van der Waals surface area contributed by atoms with E-state index in [1.54, 1.807) is 0 Å². The van der Waals surface area contributed by atoms with Crippen molar-refractivity contribution in [3.8, 4) is 6.07 Å². The average molecular weight is 254 g/mol. The molecule has 0 spiro atoms. The Morgan fingerprint density at radius 1 is 1.33 bits per heavy atom. The Hall–Kier alpha value is -1.70. The minimum atomic E-state index is -4.41. The summed E-state index contributed by atoms with van der Waals surface area (Å²) in [5.74, 6) is 0. The fourth-order valence-corrected chi connectivity index (χ4v) is 2.08. The molecule has 96 valence electrons. The van der Waals surface area contributed by atoms with Crippen LogP contribution in [0.4, 0.5) is 18.9 Å². The number of nitriles is 1. The summed E-state index contributed by atoms with van der Waals surface area (Å²) in [7, 11) is 0. The predicted molar refractivity (Wildman–Crippen MR) is 62.0 cm³/mol. The Morgan fingerprint density at radius 3 is 2.44 bits per heavy atom. The van der Waals surface area contributed by atoms with Crippen molar-refractivity contribution < 1.29 is 13.2 Å². The van der Waals surface area contributed by atoms with Crippen molar-refractivity contribution in [1.82, 2.24) is 0 Å². The van der Waals surface area contributed by atoms with Crippen LogP contribution in [0, 0.1) is 11.3 Å². The summed E-state index contributed by atoms with van der Waals surface area (Å²) in [6.07, 6.45) is -1.37. The molecule has 0 aromatic heterocycles. The number of hydrogen-bond acceptors (Lipinski definition) is 2. The van der Waals surface area contributed by atoms with E-state index in [1.807, 2.05) is 13.0 Å². The van der Waals surface area contributed by atoms with Gasteiger partial charge >= 0.3 is 6.18 Å². The fraction of sp³-hybridized carbons (Fsp3) is 0.462. The van der Waals surface area contributed by atoms with Gasteiger partial charge in [0.05, 0.1) is 16.8 Å². The van der Waals surface area contributed by atoms with Crippen LogP contribution in [0.1, 0.15) is 37.3 Å². The van der Waals surface area contributed by atoms with Gasteiger partial charge < -0.3 is 5.32 Å². The molecule has 1 aromatic carbocycles. The highest BCUT2D eigenvalue weighted by Gasteiger charge is 2.34. The predicted octanol–water partition coefficient (Wildman–Crippen LogP) is 3.93. The van der Waals surface area contributed by atoms with Gasteiger partial charge in [0.2, 0.25) is 0 Å². The second-order valence-corrected chi connectivity index (χ2v) is 4.91. The third-order valence-electron chi connectivity index (χ3n) is 3.36. The molecule has 1 saturated carbocycles. The molecule has 5 heteroatoms. The molecule has 0 aliphatic heterocycles. The van der Waals surface area contributed by atoms with E-state index >= 15 is 0 Å². The fourth-order valence-electron chi connectivity index (χ4n) is 2.08. The number of halogens is 3. The second kappa shape index (κ2) is 4.20. The molecule has 1 aliphatic carbocycles. The van der Waals surface area contributed by atoms with Crippen molar-refractivity contribution in [2.45, 2.75) is 37.9 Å². The number of nitrogens with zero attached hydrogens (tertiary/aromatic N) is 1. The number of nitrogens with one attached hydrogen (secondary N) is 1. The van der Waals surface area contributed by atoms with E-state index in [0.29, 0.717) is 5.69 Å². The van der Waals surface area contributed by atoms with Crippen LogP contribution < -0.4 is 5.32 Å². The van der Waals surface area contributed by atoms with Crippen molar-refractivity contribution in [2.24, 2.45) is 0 Å². The molecule has 0 atom stereocenters. The summed E-state index contributed by atoms with van der Waals surface area (Å²) >= 11 is 0. The molecular weight excluding hydrogens is 241 g/mol. The van der Waals surface area contributed by atoms with Gasteiger partial charge in [0.1, 0.15) is 6.07 Å². The van der Waals surface area contributed by atoms with Crippen LogP contribution in [0.2, 0.25) is 0 Å². The van der Waals surface area contributed by atoms with Crippen LogP contribution in [-0.4, -0.2) is 5.54 Å². The molecule has 18 heavy (non-hydrogen) atoms. The molecule has 0 saturated heterocycles. The van der Waals surface area contributed by atoms with Crippen molar-refractivity contribution in [1.29, 1.82) is 5.26 Å². The van der Waals surface area contributed by atoms with E-state index in [2.05, 4.69) is 5.32 Å². The molecule has 1 fully saturated rings. The zero-order valence-electron chi connectivity index (χ0n) is 9.93. The van der Waals surface area contributed by atoms with Gasteiger partial charge in [-0.05, 0) is 44.4 Å². The first kappa shape index (κ1) is 12.7. The first-order valence-corrected chi connectivity index (χ1v) is 5.74. The van der Waals surface area contributed by atoms with E-state index in [-0.39, 0.29) is 11.1 Å². The summed E-state index contributed by atoms with van der Waals surface area (Å²) in [5.41, 5.74) is -0.361. The second-order valence-electron chi connectivity index (χ2n) is 4.91. The Kier molecular flexibility index (Phi) is 2.97. The molecule has 0 heterocycles. The molecule has 0 unspecified atom stereocenters. The zero-order valence-corrected chi connectivity index (χ0v) is 9.93. The summed E-state index contributed by atoms with van der Waals surface area (Å²) in [5, 5.41) is 12.1. The Labute approximate surface area is 103 Å². The molecular formula is C13H13F3N2. The van der Waals surface area contributed by atoms with E-state index < -0.39 is 11.7 Å². The van der Waals surface area contributed by atoms with E-state index in [4.69, 9.17) is 5.26 Å². The van der Waals surface area contributed by atoms with Gasteiger partial charge in [0, 0.05) is 5.54 Å². The molecule has 1 aliphatic rings. The maximum Gasteiger partial charge on any atom is 0.416 e. The molecule has 0 radical (unpaired) electrons. The number of benzene rings is 1. The number of anilines is 1. The van der Waals surface area contributed by atoms with Gasteiger partial charge in [0.25, 0.3) is 0 Å². The van der Waals surface area contributed by atoms with Gasteiger partial charge in [0.15, 0.2) is 0 Å². The van der Waals surface area contributed by atoms with Gasteiger partial charge in [-0.3, -0.25) is 0 Å². The van der Waals surface area contributed by atoms with Gasteiger partial charge in [-0.2, -0.15) is 18.4 Å². The third kappa shape index (κ3) is 2.42. The monoisotopic (exact) mass is 254 g/mol. The van der Waals surface area contributed by atoms with Crippen molar-refractivity contribution in [2.75, 3.05) is 5.32 Å². The lowest BCUT2D eigenvalue weighted by Gasteiger charge is -2.40. The molecule has 2 rings (SSSR count). The third-order valence-corrected chi connectivity index (χ3v) is 3.36. The van der Waals surface area contributed by atoms with Crippen molar-refractivity contribution in [3.63, 3.8) is 0 Å². The van der Waals surface area contributed by atoms with E-state index in [0.717, 1.165) is 31.4 Å². The highest BCUT2D eigenvalue weighted by Crippen LogP contribution is 2.37.